The first-order chi connectivity index (χ1) is 11.2. The topological polar surface area (TPSA) is 60.9 Å². The first-order valence-electron chi connectivity index (χ1n) is 8.35. The Morgan fingerprint density at radius 2 is 1.58 bits per heavy atom. The van der Waals surface area contributed by atoms with E-state index in [0.29, 0.717) is 12.1 Å². The zero-order chi connectivity index (χ0) is 18.4. The molecule has 5 nitrogen and oxygen atoms in total. The molecule has 0 aliphatic rings. The van der Waals surface area contributed by atoms with E-state index in [2.05, 4.69) is 0 Å². The van der Waals surface area contributed by atoms with Crippen LogP contribution in [-0.4, -0.2) is 66.4 Å². The van der Waals surface area contributed by atoms with Crippen molar-refractivity contribution in [2.24, 2.45) is 11.8 Å². The predicted octanol–water partition coefficient (Wildman–Crippen LogP) is 1.91. The number of carbonyl (C=O) groups is 2. The first-order valence-corrected chi connectivity index (χ1v) is 8.35. The van der Waals surface area contributed by atoms with E-state index in [0.717, 1.165) is 0 Å². The van der Waals surface area contributed by atoms with Gasteiger partial charge in [0.1, 0.15) is 0 Å². The summed E-state index contributed by atoms with van der Waals surface area (Å²) in [4.78, 5) is 28.2. The molecule has 0 spiro atoms. The van der Waals surface area contributed by atoms with Crippen LogP contribution < -0.4 is 0 Å². The maximum Gasteiger partial charge on any atom is 0.253 e. The number of hydrogen-bond acceptors (Lipinski definition) is 4. The molecule has 134 valence electrons. The Morgan fingerprint density at radius 3 is 2.04 bits per heavy atom. The van der Waals surface area contributed by atoms with E-state index < -0.39 is 12.1 Å². The van der Waals surface area contributed by atoms with Crippen LogP contribution in [0.5, 0.6) is 0 Å². The number of ketones is 1. The molecule has 0 heterocycles. The minimum absolute atomic E-state index is 0.0105. The van der Waals surface area contributed by atoms with Crippen LogP contribution in [0.25, 0.3) is 0 Å². The number of likely N-dealkylation sites (N-methyl/N-ethyl adjacent to an activating group) is 1. The third-order valence-corrected chi connectivity index (χ3v) is 4.25. The van der Waals surface area contributed by atoms with Crippen LogP contribution in [0.1, 0.15) is 31.1 Å². The average Bonchev–Trinajstić information content (AvgIpc) is 2.54. The van der Waals surface area contributed by atoms with Gasteiger partial charge in [0.2, 0.25) is 0 Å². The lowest BCUT2D eigenvalue weighted by Gasteiger charge is -2.34. The van der Waals surface area contributed by atoms with Gasteiger partial charge in [0.15, 0.2) is 5.78 Å². The number of benzene rings is 1. The van der Waals surface area contributed by atoms with Gasteiger partial charge in [-0.1, -0.05) is 39.0 Å². The van der Waals surface area contributed by atoms with Crippen LogP contribution >= 0.6 is 0 Å². The molecule has 0 aliphatic carbocycles. The molecule has 0 bridgehead atoms. The van der Waals surface area contributed by atoms with Crippen LogP contribution in [-0.2, 0) is 4.79 Å². The first kappa shape index (κ1) is 20.3. The zero-order valence-electron chi connectivity index (χ0n) is 15.6. The van der Waals surface area contributed by atoms with Crippen LogP contribution in [0.15, 0.2) is 30.3 Å². The van der Waals surface area contributed by atoms with Crippen molar-refractivity contribution in [3.8, 4) is 0 Å². The molecule has 0 aliphatic heterocycles. The fraction of sp³-hybridized carbons (Fsp3) is 0.579. The van der Waals surface area contributed by atoms with Gasteiger partial charge in [-0.25, -0.2) is 0 Å². The fourth-order valence-corrected chi connectivity index (χ4v) is 2.80. The van der Waals surface area contributed by atoms with Crippen molar-refractivity contribution in [2.75, 3.05) is 27.7 Å². The summed E-state index contributed by atoms with van der Waals surface area (Å²) in [6.45, 7) is 5.91. The molecular formula is C19H30N2O3. The molecule has 0 fully saturated rings. The van der Waals surface area contributed by atoms with Gasteiger partial charge in [0.25, 0.3) is 5.91 Å². The molecule has 0 unspecified atom stereocenters. The number of hydrogen-bond donors (Lipinski definition) is 1. The largest absolute Gasteiger partial charge is 0.391 e. The SMILES string of the molecule is CC(C)C(=O)[C@H]([C@H](O)[C@H](C)CN(C)C(=O)c1ccccc1)N(C)C. The Morgan fingerprint density at radius 1 is 1.04 bits per heavy atom. The van der Waals surface area contributed by atoms with Gasteiger partial charge in [0, 0.05) is 31.0 Å². The van der Waals surface area contributed by atoms with Crippen LogP contribution in [0.2, 0.25) is 0 Å². The summed E-state index contributed by atoms with van der Waals surface area (Å²) in [6.07, 6.45) is -0.832. The van der Waals surface area contributed by atoms with Gasteiger partial charge < -0.3 is 10.0 Å². The lowest BCUT2D eigenvalue weighted by atomic mass is 9.89. The third-order valence-electron chi connectivity index (χ3n) is 4.25. The lowest BCUT2D eigenvalue weighted by Crippen LogP contribution is -2.51. The second-order valence-corrected chi connectivity index (χ2v) is 6.99. The van der Waals surface area contributed by atoms with Crippen molar-refractivity contribution < 1.29 is 14.7 Å². The van der Waals surface area contributed by atoms with Gasteiger partial charge in [0.05, 0.1) is 12.1 Å². The lowest BCUT2D eigenvalue weighted by molar-refractivity contribution is -0.131. The minimum atomic E-state index is -0.832. The standard InChI is InChI=1S/C19H30N2O3/c1-13(2)17(22)16(20(4)5)18(23)14(3)12-21(6)19(24)15-10-8-7-9-11-15/h7-11,13-14,16,18,23H,12H2,1-6H3/t14-,16-,18-/m1/s1. The Kier molecular flexibility index (Phi) is 7.58. The maximum atomic E-state index is 12.4. The van der Waals surface area contributed by atoms with E-state index in [9.17, 15) is 14.7 Å². The summed E-state index contributed by atoms with van der Waals surface area (Å²) in [5.41, 5.74) is 0.615. The van der Waals surface area contributed by atoms with Gasteiger partial charge in [-0.3, -0.25) is 14.5 Å². The number of carbonyl (C=O) groups excluding carboxylic acids is 2. The third kappa shape index (κ3) is 5.14. The van der Waals surface area contributed by atoms with E-state index in [1.807, 2.05) is 39.0 Å². The number of Topliss-reactive ketones (excluding diaryl/α,β-unsaturated/α-hetero) is 1. The Hall–Kier alpha value is -1.72. The summed E-state index contributed by atoms with van der Waals surface area (Å²) in [7, 11) is 5.30. The molecule has 1 N–H and O–H groups in total. The summed E-state index contributed by atoms with van der Waals surface area (Å²) in [5, 5.41) is 10.7. The van der Waals surface area contributed by atoms with Gasteiger partial charge in [-0.05, 0) is 26.2 Å². The van der Waals surface area contributed by atoms with Crippen LogP contribution in [0, 0.1) is 11.8 Å². The predicted molar refractivity (Wildman–Crippen MR) is 95.9 cm³/mol. The number of aliphatic hydroxyl groups excluding tert-OH is 1. The quantitative estimate of drug-likeness (QED) is 0.789. The van der Waals surface area contributed by atoms with Crippen LogP contribution in [0.4, 0.5) is 0 Å². The molecule has 24 heavy (non-hydrogen) atoms. The molecule has 0 aromatic heterocycles. The van der Waals surface area contributed by atoms with Crippen molar-refractivity contribution in [1.82, 2.24) is 9.80 Å². The second-order valence-electron chi connectivity index (χ2n) is 6.99. The number of nitrogens with zero attached hydrogens (tertiary/aromatic N) is 2. The van der Waals surface area contributed by atoms with E-state index in [4.69, 9.17) is 0 Å². The van der Waals surface area contributed by atoms with Crippen molar-refractivity contribution in [3.63, 3.8) is 0 Å². The van der Waals surface area contributed by atoms with Crippen molar-refractivity contribution >= 4 is 11.7 Å². The maximum absolute atomic E-state index is 12.4. The molecular weight excluding hydrogens is 304 g/mol. The van der Waals surface area contributed by atoms with E-state index in [1.54, 1.807) is 43.1 Å². The average molecular weight is 334 g/mol. The molecule has 0 saturated heterocycles. The van der Waals surface area contributed by atoms with Crippen molar-refractivity contribution in [3.05, 3.63) is 35.9 Å². The summed E-state index contributed by atoms with van der Waals surface area (Å²) in [5.74, 6) is -0.455. The smallest absolute Gasteiger partial charge is 0.253 e. The Labute approximate surface area is 145 Å². The second kappa shape index (κ2) is 8.94. The highest BCUT2D eigenvalue weighted by molar-refractivity contribution is 5.94. The molecule has 1 amide bonds. The fourth-order valence-electron chi connectivity index (χ4n) is 2.80. The van der Waals surface area contributed by atoms with E-state index >= 15 is 0 Å². The zero-order valence-corrected chi connectivity index (χ0v) is 15.6. The van der Waals surface area contributed by atoms with Gasteiger partial charge in [-0.2, -0.15) is 0 Å². The van der Waals surface area contributed by atoms with Gasteiger partial charge >= 0.3 is 0 Å². The number of amides is 1. The van der Waals surface area contributed by atoms with E-state index in [1.165, 1.54) is 0 Å². The molecule has 1 rings (SSSR count). The summed E-state index contributed by atoms with van der Waals surface area (Å²) >= 11 is 0. The highest BCUT2D eigenvalue weighted by Gasteiger charge is 2.34. The molecule has 0 radical (unpaired) electrons. The molecule has 1 aromatic carbocycles. The summed E-state index contributed by atoms with van der Waals surface area (Å²) < 4.78 is 0. The van der Waals surface area contributed by atoms with Crippen LogP contribution in [0.3, 0.4) is 0 Å². The molecule has 3 atom stereocenters. The molecule has 0 saturated carbocycles. The Balaban J connectivity index is 2.79. The van der Waals surface area contributed by atoms with Crippen molar-refractivity contribution in [2.45, 2.75) is 32.9 Å². The van der Waals surface area contributed by atoms with Crippen molar-refractivity contribution in [1.29, 1.82) is 0 Å². The highest BCUT2D eigenvalue weighted by Crippen LogP contribution is 2.17. The summed E-state index contributed by atoms with van der Waals surface area (Å²) in [6, 6.07) is 8.48. The number of rotatable bonds is 8. The monoisotopic (exact) mass is 334 g/mol. The number of aliphatic hydroxyl groups is 1. The minimum Gasteiger partial charge on any atom is -0.391 e. The normalized spacial score (nSPS) is 15.2. The van der Waals surface area contributed by atoms with Gasteiger partial charge in [-0.15, -0.1) is 0 Å². The Bertz CT molecular complexity index is 543. The van der Waals surface area contributed by atoms with E-state index in [-0.39, 0.29) is 23.5 Å². The molecule has 1 aromatic rings. The molecule has 5 heteroatoms. The highest BCUT2D eigenvalue weighted by atomic mass is 16.3.